The molecule has 2 aromatic rings. The zero-order chi connectivity index (χ0) is 20.1. The van der Waals surface area contributed by atoms with Crippen LogP contribution in [0.25, 0.3) is 11.2 Å². The van der Waals surface area contributed by atoms with Gasteiger partial charge in [-0.2, -0.15) is 0 Å². The SMILES string of the molecule is C=CC(=O)N1CC[C@@H](CNc2cnc3[nH]cc(C(=O)N[C@H](C)COC)c3n2)C1. The van der Waals surface area contributed by atoms with Gasteiger partial charge in [0.1, 0.15) is 11.3 Å². The molecule has 1 aliphatic rings. The Morgan fingerprint density at radius 1 is 1.54 bits per heavy atom. The van der Waals surface area contributed by atoms with Gasteiger partial charge in [0.2, 0.25) is 5.91 Å². The van der Waals surface area contributed by atoms with Crippen LogP contribution in [-0.2, 0) is 9.53 Å². The molecule has 0 radical (unpaired) electrons. The maximum absolute atomic E-state index is 12.5. The molecule has 0 unspecified atom stereocenters. The number of ether oxygens (including phenoxy) is 1. The van der Waals surface area contributed by atoms with Crippen LogP contribution in [0.5, 0.6) is 0 Å². The monoisotopic (exact) mass is 386 g/mol. The number of amides is 2. The van der Waals surface area contributed by atoms with Crippen LogP contribution in [0.3, 0.4) is 0 Å². The fraction of sp³-hybridized carbons (Fsp3) is 0.474. The number of likely N-dealkylation sites (tertiary alicyclic amines) is 1. The summed E-state index contributed by atoms with van der Waals surface area (Å²) in [4.78, 5) is 37.8. The Morgan fingerprint density at radius 3 is 3.11 bits per heavy atom. The molecule has 2 aromatic heterocycles. The molecule has 9 nitrogen and oxygen atoms in total. The zero-order valence-corrected chi connectivity index (χ0v) is 16.2. The Labute approximate surface area is 163 Å². The summed E-state index contributed by atoms with van der Waals surface area (Å²) in [5.41, 5.74) is 1.51. The van der Waals surface area contributed by atoms with Crippen LogP contribution in [0.4, 0.5) is 5.82 Å². The molecule has 28 heavy (non-hydrogen) atoms. The molecule has 3 N–H and O–H groups in total. The molecule has 150 valence electrons. The van der Waals surface area contributed by atoms with Gasteiger partial charge in [0.25, 0.3) is 5.91 Å². The topological polar surface area (TPSA) is 112 Å². The summed E-state index contributed by atoms with van der Waals surface area (Å²) in [6, 6.07) is -0.111. The molecule has 1 aliphatic heterocycles. The van der Waals surface area contributed by atoms with E-state index in [-0.39, 0.29) is 17.9 Å². The Morgan fingerprint density at radius 2 is 2.36 bits per heavy atom. The number of rotatable bonds is 8. The highest BCUT2D eigenvalue weighted by atomic mass is 16.5. The molecular weight excluding hydrogens is 360 g/mol. The van der Waals surface area contributed by atoms with E-state index < -0.39 is 0 Å². The van der Waals surface area contributed by atoms with Gasteiger partial charge in [-0.3, -0.25) is 9.59 Å². The number of aromatic nitrogens is 3. The standard InChI is InChI=1S/C19H26N6O3/c1-4-16(26)25-6-5-13(10-25)7-20-15-9-22-18-17(24-15)14(8-21-18)19(27)23-12(2)11-28-3/h4,8-9,12-13H,1,5-7,10-11H2,2-3H3,(H,20,24)(H,21,22)(H,23,27)/t12-,13+/m1/s1. The van der Waals surface area contributed by atoms with Crippen LogP contribution in [0, 0.1) is 5.92 Å². The van der Waals surface area contributed by atoms with Crippen LogP contribution < -0.4 is 10.6 Å². The van der Waals surface area contributed by atoms with Crippen molar-refractivity contribution in [1.82, 2.24) is 25.2 Å². The van der Waals surface area contributed by atoms with E-state index in [1.165, 1.54) is 6.08 Å². The van der Waals surface area contributed by atoms with Gasteiger partial charge >= 0.3 is 0 Å². The zero-order valence-electron chi connectivity index (χ0n) is 16.2. The molecule has 1 fully saturated rings. The second-order valence-corrected chi connectivity index (χ2v) is 7.01. The summed E-state index contributed by atoms with van der Waals surface area (Å²) in [6.45, 7) is 7.95. The third kappa shape index (κ3) is 4.48. The van der Waals surface area contributed by atoms with E-state index >= 15 is 0 Å². The number of carbonyl (C=O) groups is 2. The molecule has 0 saturated carbocycles. The fourth-order valence-corrected chi connectivity index (χ4v) is 3.32. The van der Waals surface area contributed by atoms with Gasteiger partial charge in [0.05, 0.1) is 18.4 Å². The van der Waals surface area contributed by atoms with Crippen molar-refractivity contribution in [2.75, 3.05) is 38.7 Å². The molecule has 9 heteroatoms. The number of methoxy groups -OCH3 is 1. The minimum Gasteiger partial charge on any atom is -0.383 e. The first-order chi connectivity index (χ1) is 13.5. The van der Waals surface area contributed by atoms with Crippen LogP contribution in [-0.4, -0.2) is 71.1 Å². The van der Waals surface area contributed by atoms with E-state index in [1.807, 2.05) is 6.92 Å². The maximum Gasteiger partial charge on any atom is 0.255 e. The number of aromatic amines is 1. The molecule has 1 saturated heterocycles. The second-order valence-electron chi connectivity index (χ2n) is 7.01. The van der Waals surface area contributed by atoms with Crippen molar-refractivity contribution in [2.45, 2.75) is 19.4 Å². The van der Waals surface area contributed by atoms with Crippen molar-refractivity contribution in [3.63, 3.8) is 0 Å². The van der Waals surface area contributed by atoms with Crippen LogP contribution in [0.15, 0.2) is 25.0 Å². The molecule has 0 spiro atoms. The summed E-state index contributed by atoms with van der Waals surface area (Å²) in [5, 5.41) is 6.15. The lowest BCUT2D eigenvalue weighted by atomic mass is 10.1. The minimum absolute atomic E-state index is 0.0330. The number of nitrogens with one attached hydrogen (secondary N) is 3. The maximum atomic E-state index is 12.5. The molecule has 2 atom stereocenters. The second kappa shape index (κ2) is 8.83. The average Bonchev–Trinajstić information content (AvgIpc) is 3.32. The fourth-order valence-electron chi connectivity index (χ4n) is 3.32. The number of hydrogen-bond donors (Lipinski definition) is 3. The lowest BCUT2D eigenvalue weighted by molar-refractivity contribution is -0.125. The summed E-state index contributed by atoms with van der Waals surface area (Å²) in [7, 11) is 1.59. The largest absolute Gasteiger partial charge is 0.383 e. The number of fused-ring (bicyclic) bond motifs is 1. The van der Waals surface area contributed by atoms with Gasteiger partial charge in [0, 0.05) is 39.0 Å². The molecule has 0 aliphatic carbocycles. The number of H-pyrrole nitrogens is 1. The third-order valence-electron chi connectivity index (χ3n) is 4.76. The Hall–Kier alpha value is -2.94. The van der Waals surface area contributed by atoms with E-state index in [0.717, 1.165) is 13.0 Å². The highest BCUT2D eigenvalue weighted by Gasteiger charge is 2.24. The Balaban J connectivity index is 1.64. The average molecular weight is 386 g/mol. The van der Waals surface area contributed by atoms with E-state index in [0.29, 0.717) is 48.2 Å². The first kappa shape index (κ1) is 19.8. The molecule has 3 rings (SSSR count). The predicted octanol–water partition coefficient (Wildman–Crippen LogP) is 1.17. The van der Waals surface area contributed by atoms with Gasteiger partial charge < -0.3 is 25.3 Å². The molecule has 2 amide bonds. The van der Waals surface area contributed by atoms with Gasteiger partial charge in [-0.05, 0) is 25.3 Å². The number of hydrogen-bond acceptors (Lipinski definition) is 6. The highest BCUT2D eigenvalue weighted by Crippen LogP contribution is 2.19. The number of anilines is 1. The quantitative estimate of drug-likeness (QED) is 0.587. The molecule has 0 aromatic carbocycles. The third-order valence-corrected chi connectivity index (χ3v) is 4.76. The van der Waals surface area contributed by atoms with E-state index in [1.54, 1.807) is 24.4 Å². The van der Waals surface area contributed by atoms with Crippen molar-refractivity contribution in [3.05, 3.63) is 30.6 Å². The van der Waals surface area contributed by atoms with Crippen LogP contribution in [0.1, 0.15) is 23.7 Å². The summed E-state index contributed by atoms with van der Waals surface area (Å²) < 4.78 is 5.05. The molecule has 0 bridgehead atoms. The van der Waals surface area contributed by atoms with E-state index in [2.05, 4.69) is 32.2 Å². The Kier molecular flexibility index (Phi) is 6.25. The van der Waals surface area contributed by atoms with Gasteiger partial charge in [0.15, 0.2) is 5.65 Å². The van der Waals surface area contributed by atoms with Gasteiger partial charge in [-0.25, -0.2) is 9.97 Å². The highest BCUT2D eigenvalue weighted by molar-refractivity contribution is 6.04. The summed E-state index contributed by atoms with van der Waals surface area (Å²) >= 11 is 0. The van der Waals surface area contributed by atoms with Crippen molar-refractivity contribution in [2.24, 2.45) is 5.92 Å². The lowest BCUT2D eigenvalue weighted by Gasteiger charge is -2.15. The van der Waals surface area contributed by atoms with Crippen molar-refractivity contribution in [1.29, 1.82) is 0 Å². The first-order valence-electron chi connectivity index (χ1n) is 9.31. The normalized spacial score (nSPS) is 17.5. The van der Waals surface area contributed by atoms with E-state index in [9.17, 15) is 9.59 Å². The molecular formula is C19H26N6O3. The predicted molar refractivity (Wildman–Crippen MR) is 106 cm³/mol. The van der Waals surface area contributed by atoms with Crippen molar-refractivity contribution < 1.29 is 14.3 Å². The smallest absolute Gasteiger partial charge is 0.255 e. The van der Waals surface area contributed by atoms with Crippen molar-refractivity contribution in [3.8, 4) is 0 Å². The summed E-state index contributed by atoms with van der Waals surface area (Å²) in [5.74, 6) is 0.677. The van der Waals surface area contributed by atoms with Crippen LogP contribution >= 0.6 is 0 Å². The van der Waals surface area contributed by atoms with Gasteiger partial charge in [-0.1, -0.05) is 6.58 Å². The van der Waals surface area contributed by atoms with E-state index in [4.69, 9.17) is 4.74 Å². The number of carbonyl (C=O) groups excluding carboxylic acids is 2. The summed E-state index contributed by atoms with van der Waals surface area (Å²) in [6.07, 6.45) is 5.52. The lowest BCUT2D eigenvalue weighted by Crippen LogP contribution is -2.35. The van der Waals surface area contributed by atoms with Crippen molar-refractivity contribution >= 4 is 28.8 Å². The van der Waals surface area contributed by atoms with Gasteiger partial charge in [-0.15, -0.1) is 0 Å². The Bertz CT molecular complexity index is 864. The first-order valence-corrected chi connectivity index (χ1v) is 9.31. The number of nitrogens with zero attached hydrogens (tertiary/aromatic N) is 3. The van der Waals surface area contributed by atoms with Crippen LogP contribution in [0.2, 0.25) is 0 Å². The molecule has 3 heterocycles. The minimum atomic E-state index is -0.225.